The second kappa shape index (κ2) is 6.83. The molecular formula is C15H14ClF3N2. The third kappa shape index (κ3) is 4.12. The van der Waals surface area contributed by atoms with Crippen molar-refractivity contribution in [2.24, 2.45) is 5.73 Å². The second-order valence-electron chi connectivity index (χ2n) is 4.56. The Balaban J connectivity index is 2.19. The number of hydrogen-bond donors (Lipinski definition) is 2. The minimum Gasteiger partial charge on any atom is -0.377 e. The van der Waals surface area contributed by atoms with E-state index in [-0.39, 0.29) is 23.2 Å². The van der Waals surface area contributed by atoms with Crippen LogP contribution in [0.3, 0.4) is 0 Å². The first kappa shape index (κ1) is 15.7. The SMILES string of the molecule is NCC(Nc1cc(F)cc(Cl)c1)c1ccc(C(F)F)cc1. The van der Waals surface area contributed by atoms with Crippen LogP contribution in [0.5, 0.6) is 0 Å². The van der Waals surface area contributed by atoms with Gasteiger partial charge in [0.15, 0.2) is 0 Å². The molecule has 2 nitrogen and oxygen atoms in total. The van der Waals surface area contributed by atoms with Crippen LogP contribution in [0.15, 0.2) is 42.5 Å². The zero-order valence-corrected chi connectivity index (χ0v) is 11.7. The van der Waals surface area contributed by atoms with E-state index >= 15 is 0 Å². The van der Waals surface area contributed by atoms with Crippen molar-refractivity contribution in [3.05, 3.63) is 64.4 Å². The van der Waals surface area contributed by atoms with E-state index in [0.29, 0.717) is 5.69 Å². The molecule has 112 valence electrons. The summed E-state index contributed by atoms with van der Waals surface area (Å²) in [6.07, 6.45) is -2.51. The number of hydrogen-bond acceptors (Lipinski definition) is 2. The van der Waals surface area contributed by atoms with Crippen molar-refractivity contribution >= 4 is 17.3 Å². The monoisotopic (exact) mass is 314 g/mol. The summed E-state index contributed by atoms with van der Waals surface area (Å²) >= 11 is 5.78. The van der Waals surface area contributed by atoms with Gasteiger partial charge in [0, 0.05) is 22.8 Å². The Kier molecular flexibility index (Phi) is 5.09. The molecule has 2 aromatic rings. The fraction of sp³-hybridized carbons (Fsp3) is 0.200. The third-order valence-electron chi connectivity index (χ3n) is 3.03. The fourth-order valence-corrected chi connectivity index (χ4v) is 2.21. The van der Waals surface area contributed by atoms with Gasteiger partial charge in [0.25, 0.3) is 6.43 Å². The van der Waals surface area contributed by atoms with Gasteiger partial charge in [-0.05, 0) is 23.8 Å². The van der Waals surface area contributed by atoms with Gasteiger partial charge in [-0.3, -0.25) is 0 Å². The summed E-state index contributed by atoms with van der Waals surface area (Å²) in [7, 11) is 0. The standard InChI is InChI=1S/C15H14ClF3N2/c16-11-5-12(17)7-13(6-11)21-14(8-20)9-1-3-10(4-2-9)15(18)19/h1-7,14-15,21H,8,20H2. The predicted molar refractivity (Wildman–Crippen MR) is 78.2 cm³/mol. The largest absolute Gasteiger partial charge is 0.377 e. The van der Waals surface area contributed by atoms with Gasteiger partial charge >= 0.3 is 0 Å². The van der Waals surface area contributed by atoms with Gasteiger partial charge in [0.05, 0.1) is 6.04 Å². The van der Waals surface area contributed by atoms with E-state index in [1.807, 2.05) is 0 Å². The first-order chi connectivity index (χ1) is 9.99. The number of rotatable bonds is 5. The smallest absolute Gasteiger partial charge is 0.263 e. The molecule has 6 heteroatoms. The molecule has 0 aliphatic heterocycles. The number of nitrogens with two attached hydrogens (primary N) is 1. The van der Waals surface area contributed by atoms with Crippen LogP contribution in [0.1, 0.15) is 23.6 Å². The normalized spacial score (nSPS) is 12.5. The molecule has 0 saturated heterocycles. The van der Waals surface area contributed by atoms with Crippen molar-refractivity contribution in [1.82, 2.24) is 0 Å². The van der Waals surface area contributed by atoms with Crippen molar-refractivity contribution in [3.8, 4) is 0 Å². The van der Waals surface area contributed by atoms with E-state index in [4.69, 9.17) is 17.3 Å². The molecule has 2 aromatic carbocycles. The van der Waals surface area contributed by atoms with Crippen LogP contribution in [0.2, 0.25) is 5.02 Å². The number of nitrogens with one attached hydrogen (secondary N) is 1. The summed E-state index contributed by atoms with van der Waals surface area (Å²) in [4.78, 5) is 0. The molecule has 0 spiro atoms. The average Bonchev–Trinajstić information content (AvgIpc) is 2.44. The summed E-state index contributed by atoms with van der Waals surface area (Å²) in [6.45, 7) is 0.224. The summed E-state index contributed by atoms with van der Waals surface area (Å²) < 4.78 is 38.3. The van der Waals surface area contributed by atoms with Gasteiger partial charge in [-0.15, -0.1) is 0 Å². The zero-order valence-electron chi connectivity index (χ0n) is 11.0. The van der Waals surface area contributed by atoms with Gasteiger partial charge < -0.3 is 11.1 Å². The molecule has 0 aromatic heterocycles. The molecule has 2 rings (SSSR count). The number of alkyl halides is 2. The minimum absolute atomic E-state index is 0.0525. The van der Waals surface area contributed by atoms with Crippen LogP contribution in [-0.4, -0.2) is 6.54 Å². The van der Waals surface area contributed by atoms with Crippen molar-refractivity contribution in [1.29, 1.82) is 0 Å². The molecule has 1 atom stereocenters. The van der Waals surface area contributed by atoms with Crippen molar-refractivity contribution < 1.29 is 13.2 Å². The quantitative estimate of drug-likeness (QED) is 0.851. The number of benzene rings is 2. The average molecular weight is 315 g/mol. The third-order valence-corrected chi connectivity index (χ3v) is 3.25. The highest BCUT2D eigenvalue weighted by Crippen LogP contribution is 2.25. The fourth-order valence-electron chi connectivity index (χ4n) is 1.99. The van der Waals surface area contributed by atoms with Crippen molar-refractivity contribution in [2.75, 3.05) is 11.9 Å². The predicted octanol–water partition coefficient (Wildman–Crippen LogP) is 4.53. The van der Waals surface area contributed by atoms with Crippen LogP contribution >= 0.6 is 11.6 Å². The van der Waals surface area contributed by atoms with E-state index in [2.05, 4.69) is 5.32 Å². The lowest BCUT2D eigenvalue weighted by Gasteiger charge is -2.19. The molecule has 1 unspecified atom stereocenters. The topological polar surface area (TPSA) is 38.0 Å². The molecule has 0 saturated carbocycles. The van der Waals surface area contributed by atoms with E-state index < -0.39 is 12.2 Å². The van der Waals surface area contributed by atoms with E-state index in [1.54, 1.807) is 18.2 Å². The molecular weight excluding hydrogens is 301 g/mol. The zero-order chi connectivity index (χ0) is 15.4. The van der Waals surface area contributed by atoms with Crippen molar-refractivity contribution in [3.63, 3.8) is 0 Å². The number of halogens is 4. The lowest BCUT2D eigenvalue weighted by Crippen LogP contribution is -2.20. The molecule has 21 heavy (non-hydrogen) atoms. The Morgan fingerprint density at radius 3 is 2.19 bits per heavy atom. The van der Waals surface area contributed by atoms with Gasteiger partial charge in [0.2, 0.25) is 0 Å². The Morgan fingerprint density at radius 1 is 1.05 bits per heavy atom. The maximum absolute atomic E-state index is 13.3. The Labute approximate surface area is 125 Å². The maximum atomic E-state index is 13.3. The Bertz CT molecular complexity index is 582. The summed E-state index contributed by atoms with van der Waals surface area (Å²) in [5.74, 6) is -0.464. The minimum atomic E-state index is -2.51. The molecule has 0 radical (unpaired) electrons. The molecule has 0 amide bonds. The van der Waals surface area contributed by atoms with Crippen LogP contribution in [0, 0.1) is 5.82 Å². The highest BCUT2D eigenvalue weighted by molar-refractivity contribution is 6.30. The van der Waals surface area contributed by atoms with Crippen LogP contribution < -0.4 is 11.1 Å². The highest BCUT2D eigenvalue weighted by atomic mass is 35.5. The molecule has 0 heterocycles. The maximum Gasteiger partial charge on any atom is 0.263 e. The first-order valence-corrected chi connectivity index (χ1v) is 6.68. The highest BCUT2D eigenvalue weighted by Gasteiger charge is 2.12. The molecule has 3 N–H and O–H groups in total. The van der Waals surface area contributed by atoms with Gasteiger partial charge in [-0.1, -0.05) is 35.9 Å². The van der Waals surface area contributed by atoms with Crippen molar-refractivity contribution in [2.45, 2.75) is 12.5 Å². The molecule has 0 bridgehead atoms. The van der Waals surface area contributed by atoms with E-state index in [1.165, 1.54) is 24.3 Å². The summed E-state index contributed by atoms with van der Waals surface area (Å²) in [5, 5.41) is 3.30. The van der Waals surface area contributed by atoms with Gasteiger partial charge in [-0.25, -0.2) is 13.2 Å². The molecule has 0 aliphatic carbocycles. The summed E-state index contributed by atoms with van der Waals surface area (Å²) in [6, 6.07) is 9.59. The first-order valence-electron chi connectivity index (χ1n) is 6.30. The lowest BCUT2D eigenvalue weighted by atomic mass is 10.0. The Morgan fingerprint density at radius 2 is 1.67 bits per heavy atom. The lowest BCUT2D eigenvalue weighted by molar-refractivity contribution is 0.151. The second-order valence-corrected chi connectivity index (χ2v) is 4.99. The van der Waals surface area contributed by atoms with E-state index in [0.717, 1.165) is 5.56 Å². The van der Waals surface area contributed by atoms with Gasteiger partial charge in [-0.2, -0.15) is 0 Å². The summed E-state index contributed by atoms with van der Waals surface area (Å²) in [5.41, 5.74) is 6.85. The van der Waals surface area contributed by atoms with Crippen LogP contribution in [0.4, 0.5) is 18.9 Å². The van der Waals surface area contributed by atoms with Gasteiger partial charge in [0.1, 0.15) is 5.82 Å². The van der Waals surface area contributed by atoms with Crippen LogP contribution in [0.25, 0.3) is 0 Å². The molecule has 0 aliphatic rings. The van der Waals surface area contributed by atoms with Crippen LogP contribution in [-0.2, 0) is 0 Å². The Hall–Kier alpha value is -1.72. The van der Waals surface area contributed by atoms with E-state index in [9.17, 15) is 13.2 Å². The number of anilines is 1. The molecule has 0 fully saturated rings.